The number of pyridine rings is 1. The predicted octanol–water partition coefficient (Wildman–Crippen LogP) is 0.790. The molecular formula is C15H24BN3O2. The summed E-state index contributed by atoms with van der Waals surface area (Å²) in [6, 6.07) is 6.07. The standard InChI is InChI=1S/C15H24BN3O2/c1-14(2)15(3,4)21-16(20-14)12-6-5-7-13(18-12)19-10-8-17-9-11-19/h5-7,17H,8-11H2,1-4H3. The summed E-state index contributed by atoms with van der Waals surface area (Å²) in [4.78, 5) is 7.05. The number of hydrogen-bond donors (Lipinski definition) is 1. The zero-order valence-electron chi connectivity index (χ0n) is 13.3. The molecule has 0 amide bonds. The van der Waals surface area contributed by atoms with Gasteiger partial charge in [-0.3, -0.25) is 0 Å². The minimum absolute atomic E-state index is 0.329. The highest BCUT2D eigenvalue weighted by Crippen LogP contribution is 2.36. The summed E-state index contributed by atoms with van der Waals surface area (Å²) in [6.07, 6.45) is 0. The maximum Gasteiger partial charge on any atom is 0.514 e. The average Bonchev–Trinajstić information content (AvgIpc) is 2.69. The molecule has 0 saturated carbocycles. The van der Waals surface area contributed by atoms with Gasteiger partial charge in [0.05, 0.1) is 16.8 Å². The van der Waals surface area contributed by atoms with Crippen LogP contribution in [0, 0.1) is 0 Å². The summed E-state index contributed by atoms with van der Waals surface area (Å²) in [6.45, 7) is 12.2. The van der Waals surface area contributed by atoms with E-state index in [1.54, 1.807) is 0 Å². The SMILES string of the molecule is CC1(C)OB(c2cccc(N3CCNCC3)n2)OC1(C)C. The third-order valence-electron chi connectivity index (χ3n) is 4.69. The number of hydrogen-bond acceptors (Lipinski definition) is 5. The lowest BCUT2D eigenvalue weighted by atomic mass is 9.84. The lowest BCUT2D eigenvalue weighted by molar-refractivity contribution is 0.00578. The third-order valence-corrected chi connectivity index (χ3v) is 4.69. The highest BCUT2D eigenvalue weighted by molar-refractivity contribution is 6.61. The summed E-state index contributed by atoms with van der Waals surface area (Å²) in [5.74, 6) is 1.00. The Balaban J connectivity index is 1.81. The highest BCUT2D eigenvalue weighted by atomic mass is 16.7. The van der Waals surface area contributed by atoms with E-state index in [0.717, 1.165) is 37.6 Å². The number of anilines is 1. The normalized spacial score (nSPS) is 24.4. The van der Waals surface area contributed by atoms with E-state index in [2.05, 4.69) is 44.0 Å². The molecule has 2 aliphatic rings. The van der Waals surface area contributed by atoms with Gasteiger partial charge in [-0.2, -0.15) is 0 Å². The van der Waals surface area contributed by atoms with Gasteiger partial charge in [0, 0.05) is 26.2 Å². The highest BCUT2D eigenvalue weighted by Gasteiger charge is 2.52. The summed E-state index contributed by atoms with van der Waals surface area (Å²) < 4.78 is 12.2. The predicted molar refractivity (Wildman–Crippen MR) is 85.0 cm³/mol. The lowest BCUT2D eigenvalue weighted by Gasteiger charge is -2.32. The Morgan fingerprint density at radius 3 is 2.33 bits per heavy atom. The van der Waals surface area contributed by atoms with Gasteiger partial charge in [-0.25, -0.2) is 4.98 Å². The largest absolute Gasteiger partial charge is 0.514 e. The fourth-order valence-corrected chi connectivity index (χ4v) is 2.60. The number of piperazine rings is 1. The van der Waals surface area contributed by atoms with Crippen molar-refractivity contribution in [2.75, 3.05) is 31.1 Å². The molecule has 21 heavy (non-hydrogen) atoms. The van der Waals surface area contributed by atoms with Crippen LogP contribution in [0.1, 0.15) is 27.7 Å². The van der Waals surface area contributed by atoms with Gasteiger partial charge in [0.25, 0.3) is 0 Å². The van der Waals surface area contributed by atoms with Crippen molar-refractivity contribution in [3.63, 3.8) is 0 Å². The first kappa shape index (κ1) is 14.8. The Kier molecular flexibility index (Phi) is 3.72. The van der Waals surface area contributed by atoms with Crippen LogP contribution in [0.2, 0.25) is 0 Å². The third kappa shape index (κ3) is 2.80. The van der Waals surface area contributed by atoms with E-state index >= 15 is 0 Å². The Labute approximate surface area is 127 Å². The molecule has 0 aliphatic carbocycles. The maximum atomic E-state index is 6.08. The van der Waals surface area contributed by atoms with E-state index < -0.39 is 7.12 Å². The maximum absolute atomic E-state index is 6.08. The summed E-state index contributed by atoms with van der Waals surface area (Å²) in [5.41, 5.74) is 0.194. The molecule has 0 spiro atoms. The van der Waals surface area contributed by atoms with E-state index in [9.17, 15) is 0 Å². The fraction of sp³-hybridized carbons (Fsp3) is 0.667. The second-order valence-corrected chi connectivity index (χ2v) is 6.75. The fourth-order valence-electron chi connectivity index (χ4n) is 2.60. The molecule has 0 unspecified atom stereocenters. The van der Waals surface area contributed by atoms with E-state index in [1.807, 2.05) is 12.1 Å². The second-order valence-electron chi connectivity index (χ2n) is 6.75. The zero-order chi connectivity index (χ0) is 15.1. The minimum atomic E-state index is -0.391. The first-order valence-corrected chi connectivity index (χ1v) is 7.67. The Bertz CT molecular complexity index is 499. The van der Waals surface area contributed by atoms with E-state index in [0.29, 0.717) is 0 Å². The first-order chi connectivity index (χ1) is 9.89. The molecule has 0 aromatic carbocycles. The van der Waals surface area contributed by atoms with Gasteiger partial charge in [0.2, 0.25) is 0 Å². The van der Waals surface area contributed by atoms with Crippen LogP contribution in [-0.4, -0.2) is 49.5 Å². The van der Waals surface area contributed by atoms with E-state index in [4.69, 9.17) is 14.3 Å². The Morgan fingerprint density at radius 2 is 1.71 bits per heavy atom. The van der Waals surface area contributed by atoms with Crippen molar-refractivity contribution in [1.82, 2.24) is 10.3 Å². The van der Waals surface area contributed by atoms with Crippen molar-refractivity contribution >= 4 is 18.5 Å². The van der Waals surface area contributed by atoms with Crippen LogP contribution < -0.4 is 15.8 Å². The lowest BCUT2D eigenvalue weighted by Crippen LogP contribution is -2.45. The molecule has 1 aromatic rings. The van der Waals surface area contributed by atoms with Crippen molar-refractivity contribution in [3.05, 3.63) is 18.2 Å². The molecule has 114 valence electrons. The molecule has 3 heterocycles. The van der Waals surface area contributed by atoms with Gasteiger partial charge >= 0.3 is 7.12 Å². The van der Waals surface area contributed by atoms with Crippen LogP contribution in [-0.2, 0) is 9.31 Å². The summed E-state index contributed by atoms with van der Waals surface area (Å²) >= 11 is 0. The smallest absolute Gasteiger partial charge is 0.398 e. The molecule has 5 nitrogen and oxygen atoms in total. The van der Waals surface area contributed by atoms with Gasteiger partial charge in [0.1, 0.15) is 5.82 Å². The van der Waals surface area contributed by atoms with Crippen molar-refractivity contribution in [1.29, 1.82) is 0 Å². The number of nitrogens with zero attached hydrogens (tertiary/aromatic N) is 2. The molecule has 2 fully saturated rings. The molecule has 0 bridgehead atoms. The number of aromatic nitrogens is 1. The van der Waals surface area contributed by atoms with Gasteiger partial charge in [-0.15, -0.1) is 0 Å². The molecule has 2 aliphatic heterocycles. The molecule has 3 rings (SSSR count). The second kappa shape index (κ2) is 5.27. The van der Waals surface area contributed by atoms with Crippen LogP contribution >= 0.6 is 0 Å². The van der Waals surface area contributed by atoms with Crippen LogP contribution in [0.5, 0.6) is 0 Å². The van der Waals surface area contributed by atoms with Crippen molar-refractivity contribution < 1.29 is 9.31 Å². The van der Waals surface area contributed by atoms with Crippen LogP contribution in [0.3, 0.4) is 0 Å². The summed E-state index contributed by atoms with van der Waals surface area (Å²) in [5, 5.41) is 3.36. The van der Waals surface area contributed by atoms with Crippen LogP contribution in [0.25, 0.3) is 0 Å². The average molecular weight is 289 g/mol. The molecule has 0 radical (unpaired) electrons. The first-order valence-electron chi connectivity index (χ1n) is 7.67. The molecule has 0 atom stereocenters. The van der Waals surface area contributed by atoms with Gasteiger partial charge in [-0.05, 0) is 39.8 Å². The van der Waals surface area contributed by atoms with Gasteiger partial charge in [0.15, 0.2) is 0 Å². The van der Waals surface area contributed by atoms with Crippen molar-refractivity contribution in [2.24, 2.45) is 0 Å². The molecule has 2 saturated heterocycles. The monoisotopic (exact) mass is 289 g/mol. The zero-order valence-corrected chi connectivity index (χ0v) is 13.3. The van der Waals surface area contributed by atoms with Crippen molar-refractivity contribution in [2.45, 2.75) is 38.9 Å². The number of nitrogens with one attached hydrogen (secondary N) is 1. The molecule has 1 N–H and O–H groups in total. The quantitative estimate of drug-likeness (QED) is 0.816. The van der Waals surface area contributed by atoms with E-state index in [1.165, 1.54) is 0 Å². The number of rotatable bonds is 2. The van der Waals surface area contributed by atoms with E-state index in [-0.39, 0.29) is 11.2 Å². The topological polar surface area (TPSA) is 46.6 Å². The molecular weight excluding hydrogens is 265 g/mol. The minimum Gasteiger partial charge on any atom is -0.398 e. The Morgan fingerprint density at radius 1 is 1.10 bits per heavy atom. The molecule has 1 aromatic heterocycles. The van der Waals surface area contributed by atoms with Crippen LogP contribution in [0.15, 0.2) is 18.2 Å². The van der Waals surface area contributed by atoms with Crippen LogP contribution in [0.4, 0.5) is 5.82 Å². The van der Waals surface area contributed by atoms with Crippen molar-refractivity contribution in [3.8, 4) is 0 Å². The van der Waals surface area contributed by atoms with Gasteiger partial charge < -0.3 is 19.5 Å². The molecule has 6 heteroatoms. The van der Waals surface area contributed by atoms with Gasteiger partial charge in [-0.1, -0.05) is 6.07 Å². The Hall–Kier alpha value is -1.11. The summed E-state index contributed by atoms with van der Waals surface area (Å²) in [7, 11) is -0.391.